The second kappa shape index (κ2) is 9.33. The second-order valence-electron chi connectivity index (χ2n) is 7.12. The Bertz CT molecular complexity index is 738. The van der Waals surface area contributed by atoms with E-state index in [1.165, 1.54) is 0 Å². The Morgan fingerprint density at radius 1 is 1.11 bits per heavy atom. The first kappa shape index (κ1) is 19.8. The summed E-state index contributed by atoms with van der Waals surface area (Å²) in [5.41, 5.74) is 8.07. The summed E-state index contributed by atoms with van der Waals surface area (Å²) in [6, 6.07) is 4.49. The summed E-state index contributed by atoms with van der Waals surface area (Å²) in [7, 11) is 0. The van der Waals surface area contributed by atoms with Crippen LogP contribution in [0.2, 0.25) is 0 Å². The zero-order valence-corrected chi connectivity index (χ0v) is 16.8. The molecule has 6 heteroatoms. The van der Waals surface area contributed by atoms with Gasteiger partial charge in [-0.1, -0.05) is 13.8 Å². The lowest BCUT2D eigenvalue weighted by atomic mass is 9.94. The van der Waals surface area contributed by atoms with Gasteiger partial charge in [0.1, 0.15) is 11.9 Å². The second-order valence-corrected chi connectivity index (χ2v) is 7.12. The fourth-order valence-corrected chi connectivity index (χ4v) is 3.59. The van der Waals surface area contributed by atoms with Crippen molar-refractivity contribution < 1.29 is 9.47 Å². The van der Waals surface area contributed by atoms with Gasteiger partial charge in [0.25, 0.3) is 0 Å². The molecule has 0 amide bonds. The zero-order valence-electron chi connectivity index (χ0n) is 16.8. The van der Waals surface area contributed by atoms with E-state index < -0.39 is 0 Å². The highest BCUT2D eigenvalue weighted by Gasteiger charge is 2.23. The summed E-state index contributed by atoms with van der Waals surface area (Å²) in [5.74, 6) is 1.63. The quantitative estimate of drug-likeness (QED) is 0.890. The maximum Gasteiger partial charge on any atom is 0.225 e. The first-order valence-electron chi connectivity index (χ1n) is 10.2. The molecule has 2 aromatic rings. The van der Waals surface area contributed by atoms with Crippen LogP contribution in [-0.2, 0) is 4.74 Å². The van der Waals surface area contributed by atoms with Crippen molar-refractivity contribution in [1.82, 2.24) is 9.97 Å². The van der Waals surface area contributed by atoms with Gasteiger partial charge in [-0.25, -0.2) is 0 Å². The Balaban J connectivity index is 0.00000102. The van der Waals surface area contributed by atoms with Gasteiger partial charge in [-0.2, -0.15) is 4.98 Å². The average molecular weight is 373 g/mol. The topological polar surface area (TPSA) is 73.5 Å². The van der Waals surface area contributed by atoms with E-state index in [0.717, 1.165) is 74.3 Å². The van der Waals surface area contributed by atoms with Gasteiger partial charge in [0.15, 0.2) is 0 Å². The number of anilines is 1. The van der Waals surface area contributed by atoms with Crippen molar-refractivity contribution in [3.8, 4) is 5.88 Å². The van der Waals surface area contributed by atoms with Crippen LogP contribution in [0.15, 0.2) is 18.3 Å². The van der Waals surface area contributed by atoms with E-state index in [4.69, 9.17) is 20.2 Å². The third-order valence-electron chi connectivity index (χ3n) is 5.10. The molecule has 0 atom stereocenters. The number of ether oxygens (including phenoxy) is 2. The molecule has 4 rings (SSSR count). The molecule has 27 heavy (non-hydrogen) atoms. The molecule has 0 spiro atoms. The predicted octanol–water partition coefficient (Wildman–Crippen LogP) is 3.45. The lowest BCUT2D eigenvalue weighted by Crippen LogP contribution is -2.37. The van der Waals surface area contributed by atoms with Gasteiger partial charge in [0.2, 0.25) is 5.88 Å². The number of hydrogen-bond donors (Lipinski definition) is 1. The summed E-state index contributed by atoms with van der Waals surface area (Å²) in [5, 5.41) is 0.992. The van der Waals surface area contributed by atoms with Gasteiger partial charge in [0, 0.05) is 31.4 Å². The fraction of sp³-hybridized carbons (Fsp3) is 0.619. The van der Waals surface area contributed by atoms with Crippen LogP contribution < -0.4 is 15.4 Å². The van der Waals surface area contributed by atoms with Gasteiger partial charge < -0.3 is 20.1 Å². The highest BCUT2D eigenvalue weighted by molar-refractivity contribution is 5.86. The molecule has 0 bridgehead atoms. The fourth-order valence-electron chi connectivity index (χ4n) is 3.59. The highest BCUT2D eigenvalue weighted by Crippen LogP contribution is 2.31. The van der Waals surface area contributed by atoms with E-state index >= 15 is 0 Å². The normalized spacial score (nSPS) is 22.9. The number of aryl methyl sites for hydroxylation is 1. The van der Waals surface area contributed by atoms with Gasteiger partial charge >= 0.3 is 0 Å². The number of aromatic nitrogens is 2. The summed E-state index contributed by atoms with van der Waals surface area (Å²) >= 11 is 0. The van der Waals surface area contributed by atoms with Crippen LogP contribution in [0, 0.1) is 6.92 Å². The van der Waals surface area contributed by atoms with Crippen LogP contribution in [0.5, 0.6) is 5.88 Å². The molecule has 0 radical (unpaired) electrons. The van der Waals surface area contributed by atoms with Crippen molar-refractivity contribution in [3.63, 3.8) is 0 Å². The molecule has 2 N–H and O–H groups in total. The highest BCUT2D eigenvalue weighted by atomic mass is 16.5. The van der Waals surface area contributed by atoms with Crippen LogP contribution in [0.1, 0.15) is 45.1 Å². The van der Waals surface area contributed by atoms with Gasteiger partial charge in [-0.3, -0.25) is 4.98 Å². The van der Waals surface area contributed by atoms with Crippen molar-refractivity contribution in [2.45, 2.75) is 58.6 Å². The molecule has 6 nitrogen and oxygen atoms in total. The SMILES string of the molecule is CC.Cc1cnc2cc(N3CCOCC3)nc(OC3CCC(N)CC3)c2c1. The molecular formula is C21H32N4O2. The van der Waals surface area contributed by atoms with Crippen molar-refractivity contribution in [3.05, 3.63) is 23.9 Å². The summed E-state index contributed by atoms with van der Waals surface area (Å²) in [6.45, 7) is 9.21. The van der Waals surface area contributed by atoms with E-state index in [-0.39, 0.29) is 6.10 Å². The van der Waals surface area contributed by atoms with Crippen LogP contribution in [0.25, 0.3) is 10.9 Å². The van der Waals surface area contributed by atoms with E-state index in [1.54, 1.807) is 0 Å². The van der Waals surface area contributed by atoms with Crippen LogP contribution in [0.4, 0.5) is 5.82 Å². The van der Waals surface area contributed by atoms with E-state index in [9.17, 15) is 0 Å². The molecular weight excluding hydrogens is 340 g/mol. The first-order chi connectivity index (χ1) is 13.2. The maximum atomic E-state index is 6.34. The molecule has 2 fully saturated rings. The van der Waals surface area contributed by atoms with Crippen LogP contribution in [0.3, 0.4) is 0 Å². The molecule has 1 saturated heterocycles. The van der Waals surface area contributed by atoms with Crippen molar-refractivity contribution in [2.75, 3.05) is 31.2 Å². The van der Waals surface area contributed by atoms with Crippen molar-refractivity contribution in [1.29, 1.82) is 0 Å². The first-order valence-corrected chi connectivity index (χ1v) is 10.2. The standard InChI is InChI=1S/C19H26N4O2.C2H6/c1-13-10-16-17(21-12-13)11-18(23-6-8-24-9-7-23)22-19(16)25-15-4-2-14(20)3-5-15;1-2/h10-12,14-15H,2-9,20H2,1H3;1-2H3. The minimum atomic E-state index is 0.191. The summed E-state index contributed by atoms with van der Waals surface area (Å²) in [4.78, 5) is 11.7. The van der Waals surface area contributed by atoms with E-state index in [1.807, 2.05) is 27.0 Å². The zero-order chi connectivity index (χ0) is 19.2. The predicted molar refractivity (Wildman–Crippen MR) is 110 cm³/mol. The van der Waals surface area contributed by atoms with E-state index in [0.29, 0.717) is 11.9 Å². The third kappa shape index (κ3) is 4.87. The van der Waals surface area contributed by atoms with Gasteiger partial charge in [0.05, 0.1) is 24.1 Å². The van der Waals surface area contributed by atoms with Gasteiger partial charge in [-0.05, 0) is 44.2 Å². The Labute approximate surface area is 162 Å². The lowest BCUT2D eigenvalue weighted by molar-refractivity contribution is 0.122. The maximum absolute atomic E-state index is 6.34. The molecule has 1 saturated carbocycles. The number of fused-ring (bicyclic) bond motifs is 1. The Morgan fingerprint density at radius 3 is 2.52 bits per heavy atom. The molecule has 0 aromatic carbocycles. The molecule has 2 aliphatic rings. The van der Waals surface area contributed by atoms with Crippen LogP contribution >= 0.6 is 0 Å². The smallest absolute Gasteiger partial charge is 0.225 e. The number of pyridine rings is 2. The third-order valence-corrected chi connectivity index (χ3v) is 5.10. The average Bonchev–Trinajstić information content (AvgIpc) is 2.72. The Morgan fingerprint density at radius 2 is 1.81 bits per heavy atom. The summed E-state index contributed by atoms with van der Waals surface area (Å²) < 4.78 is 11.8. The number of morpholine rings is 1. The number of hydrogen-bond acceptors (Lipinski definition) is 6. The minimum Gasteiger partial charge on any atom is -0.474 e. The molecule has 1 aliphatic carbocycles. The minimum absolute atomic E-state index is 0.191. The largest absolute Gasteiger partial charge is 0.474 e. The molecule has 148 valence electrons. The number of rotatable bonds is 3. The molecule has 2 aromatic heterocycles. The van der Waals surface area contributed by atoms with E-state index in [2.05, 4.69) is 22.0 Å². The van der Waals surface area contributed by atoms with Crippen molar-refractivity contribution >= 4 is 16.7 Å². The lowest BCUT2D eigenvalue weighted by Gasteiger charge is -2.30. The van der Waals surface area contributed by atoms with Crippen LogP contribution in [-0.4, -0.2) is 48.4 Å². The monoisotopic (exact) mass is 372 g/mol. The Hall–Kier alpha value is -1.92. The molecule has 1 aliphatic heterocycles. The molecule has 0 unspecified atom stereocenters. The molecule has 3 heterocycles. The Kier molecular flexibility index (Phi) is 6.85. The van der Waals surface area contributed by atoms with Gasteiger partial charge in [-0.15, -0.1) is 0 Å². The number of nitrogens with two attached hydrogens (primary N) is 1. The van der Waals surface area contributed by atoms with Crippen molar-refractivity contribution in [2.24, 2.45) is 5.73 Å². The number of nitrogens with zero attached hydrogens (tertiary/aromatic N) is 3. The summed E-state index contributed by atoms with van der Waals surface area (Å²) in [6.07, 6.45) is 6.11.